The lowest BCUT2D eigenvalue weighted by Crippen LogP contribution is -2.38. The van der Waals surface area contributed by atoms with Crippen LogP contribution in [-0.4, -0.2) is 61.4 Å². The summed E-state index contributed by atoms with van der Waals surface area (Å²) in [6.07, 6.45) is 1.78. The fraction of sp³-hybridized carbons (Fsp3) is 0.500. The molecule has 166 valence electrons. The zero-order valence-electron chi connectivity index (χ0n) is 17.5. The van der Waals surface area contributed by atoms with Crippen molar-refractivity contribution in [3.63, 3.8) is 0 Å². The number of pyridine rings is 1. The molecule has 1 fully saturated rings. The number of nitrogens with zero attached hydrogens (tertiary/aromatic N) is 2. The van der Waals surface area contributed by atoms with Crippen molar-refractivity contribution in [1.29, 1.82) is 0 Å². The molecule has 0 radical (unpaired) electrons. The van der Waals surface area contributed by atoms with Crippen LogP contribution < -0.4 is 10.3 Å². The molecule has 0 N–H and O–H groups in total. The Hall–Kier alpha value is -2.65. The van der Waals surface area contributed by atoms with Gasteiger partial charge in [0.2, 0.25) is 5.91 Å². The topological polar surface area (TPSA) is 87.1 Å². The second-order valence-electron chi connectivity index (χ2n) is 7.63. The number of thiophene rings is 1. The normalized spacial score (nSPS) is 18.4. The Morgan fingerprint density at radius 1 is 1.29 bits per heavy atom. The van der Waals surface area contributed by atoms with Gasteiger partial charge in [0.1, 0.15) is 11.3 Å². The first-order chi connectivity index (χ1) is 15.1. The highest BCUT2D eigenvalue weighted by molar-refractivity contribution is 7.09. The zero-order chi connectivity index (χ0) is 21.8. The maximum absolute atomic E-state index is 12.8. The van der Waals surface area contributed by atoms with E-state index in [4.69, 9.17) is 14.2 Å². The molecule has 2 aromatic rings. The molecule has 4 heterocycles. The number of aromatic nitrogens is 1. The summed E-state index contributed by atoms with van der Waals surface area (Å²) in [5.74, 6) is -0.387. The van der Waals surface area contributed by atoms with E-state index in [0.717, 1.165) is 11.3 Å². The molecule has 31 heavy (non-hydrogen) atoms. The first kappa shape index (κ1) is 21.6. The standard InChI is InChI=1S/C22H26N2O6S/c1-28-22(27)20-17-4-7-23(21(26)15-5-10-29-14-15)8-9-24(17)19(25)13-18(20)30-11-6-16-3-2-12-31-16/h2-3,12-13,15H,4-11,14H2,1H3/t15-/m1/s1. The Labute approximate surface area is 184 Å². The van der Waals surface area contributed by atoms with Gasteiger partial charge in [-0.2, -0.15) is 0 Å². The van der Waals surface area contributed by atoms with Gasteiger partial charge in [0.15, 0.2) is 0 Å². The summed E-state index contributed by atoms with van der Waals surface area (Å²) < 4.78 is 17.8. The van der Waals surface area contributed by atoms with E-state index in [1.807, 2.05) is 17.5 Å². The zero-order valence-corrected chi connectivity index (χ0v) is 18.3. The summed E-state index contributed by atoms with van der Waals surface area (Å²) in [6.45, 7) is 2.56. The third-order valence-electron chi connectivity index (χ3n) is 5.76. The minimum absolute atomic E-state index is 0.0467. The highest BCUT2D eigenvalue weighted by Crippen LogP contribution is 2.25. The lowest BCUT2D eigenvalue weighted by atomic mass is 10.1. The van der Waals surface area contributed by atoms with Gasteiger partial charge in [0.25, 0.3) is 5.56 Å². The van der Waals surface area contributed by atoms with Crippen molar-refractivity contribution in [2.75, 3.05) is 40.0 Å². The molecule has 0 saturated carbocycles. The van der Waals surface area contributed by atoms with Crippen LogP contribution >= 0.6 is 11.3 Å². The van der Waals surface area contributed by atoms with Crippen molar-refractivity contribution in [2.45, 2.75) is 25.8 Å². The molecule has 8 nitrogen and oxygen atoms in total. The maximum Gasteiger partial charge on any atom is 0.343 e. The van der Waals surface area contributed by atoms with Gasteiger partial charge in [-0.05, 0) is 17.9 Å². The molecule has 2 aliphatic heterocycles. The fourth-order valence-corrected chi connectivity index (χ4v) is 4.80. The minimum atomic E-state index is -0.543. The lowest BCUT2D eigenvalue weighted by Gasteiger charge is -2.22. The Morgan fingerprint density at radius 2 is 2.16 bits per heavy atom. The van der Waals surface area contributed by atoms with Gasteiger partial charge in [-0.15, -0.1) is 11.3 Å². The van der Waals surface area contributed by atoms with Crippen molar-refractivity contribution in [3.8, 4) is 5.75 Å². The molecule has 2 aliphatic rings. The van der Waals surface area contributed by atoms with E-state index in [0.29, 0.717) is 58.0 Å². The van der Waals surface area contributed by atoms with Crippen molar-refractivity contribution in [3.05, 3.63) is 50.1 Å². The van der Waals surface area contributed by atoms with Crippen LogP contribution in [0.4, 0.5) is 0 Å². The van der Waals surface area contributed by atoms with Crippen LogP contribution in [0.25, 0.3) is 0 Å². The van der Waals surface area contributed by atoms with Crippen LogP contribution in [0.15, 0.2) is 28.4 Å². The summed E-state index contributed by atoms with van der Waals surface area (Å²) in [6, 6.07) is 5.34. The molecule has 0 aromatic carbocycles. The van der Waals surface area contributed by atoms with Crippen LogP contribution in [0, 0.1) is 5.92 Å². The Balaban J connectivity index is 1.57. The summed E-state index contributed by atoms with van der Waals surface area (Å²) in [4.78, 5) is 41.2. The Bertz CT molecular complexity index is 994. The number of hydrogen-bond donors (Lipinski definition) is 0. The number of carbonyl (C=O) groups excluding carboxylic acids is 2. The van der Waals surface area contributed by atoms with Crippen molar-refractivity contribution in [1.82, 2.24) is 9.47 Å². The molecule has 2 aromatic heterocycles. The van der Waals surface area contributed by atoms with Crippen LogP contribution in [0.1, 0.15) is 27.3 Å². The number of ether oxygens (including phenoxy) is 3. The number of methoxy groups -OCH3 is 1. The largest absolute Gasteiger partial charge is 0.492 e. The van der Waals surface area contributed by atoms with E-state index in [1.54, 1.807) is 20.8 Å². The van der Waals surface area contributed by atoms with Gasteiger partial charge in [0.05, 0.1) is 26.2 Å². The van der Waals surface area contributed by atoms with Crippen LogP contribution in [0.3, 0.4) is 0 Å². The maximum atomic E-state index is 12.8. The predicted molar refractivity (Wildman–Crippen MR) is 115 cm³/mol. The number of esters is 1. The summed E-state index contributed by atoms with van der Waals surface area (Å²) in [5.41, 5.74) is 0.586. The smallest absolute Gasteiger partial charge is 0.343 e. The summed E-state index contributed by atoms with van der Waals surface area (Å²) in [5, 5.41) is 1.99. The molecular formula is C22H26N2O6S. The monoisotopic (exact) mass is 446 g/mol. The van der Waals surface area contributed by atoms with E-state index >= 15 is 0 Å². The second kappa shape index (κ2) is 9.65. The van der Waals surface area contributed by atoms with Crippen LogP contribution in [0.5, 0.6) is 5.75 Å². The number of fused-ring (bicyclic) bond motifs is 1. The summed E-state index contributed by atoms with van der Waals surface area (Å²) >= 11 is 1.63. The Morgan fingerprint density at radius 3 is 2.87 bits per heavy atom. The van der Waals surface area contributed by atoms with E-state index < -0.39 is 5.97 Å². The predicted octanol–water partition coefficient (Wildman–Crippen LogP) is 1.74. The lowest BCUT2D eigenvalue weighted by molar-refractivity contribution is -0.135. The average molecular weight is 447 g/mol. The second-order valence-corrected chi connectivity index (χ2v) is 8.66. The van der Waals surface area contributed by atoms with E-state index in [2.05, 4.69) is 0 Å². The van der Waals surface area contributed by atoms with Gasteiger partial charge in [-0.1, -0.05) is 6.07 Å². The first-order valence-electron chi connectivity index (χ1n) is 10.4. The van der Waals surface area contributed by atoms with E-state index in [1.165, 1.54) is 13.2 Å². The SMILES string of the molecule is COC(=O)c1c(OCCc2cccs2)cc(=O)n2c1CCN(C(=O)[C@@H]1CCOC1)CC2. The summed E-state index contributed by atoms with van der Waals surface area (Å²) in [7, 11) is 1.31. The molecule has 4 rings (SSSR count). The highest BCUT2D eigenvalue weighted by Gasteiger charge is 2.31. The van der Waals surface area contributed by atoms with E-state index in [-0.39, 0.29) is 28.7 Å². The molecular weight excluding hydrogens is 420 g/mol. The molecule has 0 spiro atoms. The molecule has 1 atom stereocenters. The number of rotatable bonds is 6. The third kappa shape index (κ3) is 4.67. The fourth-order valence-electron chi connectivity index (χ4n) is 4.11. The number of carbonyl (C=O) groups is 2. The molecule has 1 saturated heterocycles. The average Bonchev–Trinajstić information content (AvgIpc) is 3.44. The first-order valence-corrected chi connectivity index (χ1v) is 11.3. The van der Waals surface area contributed by atoms with Crippen LogP contribution in [0.2, 0.25) is 0 Å². The van der Waals surface area contributed by atoms with Gasteiger partial charge in [-0.25, -0.2) is 4.79 Å². The molecule has 0 unspecified atom stereocenters. The van der Waals surface area contributed by atoms with E-state index in [9.17, 15) is 14.4 Å². The van der Waals surface area contributed by atoms with Gasteiger partial charge in [-0.3, -0.25) is 9.59 Å². The van der Waals surface area contributed by atoms with Gasteiger partial charge in [0, 0.05) is 55.7 Å². The molecule has 0 bridgehead atoms. The minimum Gasteiger partial charge on any atom is -0.492 e. The van der Waals surface area contributed by atoms with Gasteiger partial charge < -0.3 is 23.7 Å². The number of amides is 1. The van der Waals surface area contributed by atoms with Gasteiger partial charge >= 0.3 is 5.97 Å². The molecule has 1 amide bonds. The Kier molecular flexibility index (Phi) is 6.72. The highest BCUT2D eigenvalue weighted by atomic mass is 32.1. The van der Waals surface area contributed by atoms with Crippen LogP contribution in [-0.2, 0) is 33.7 Å². The number of hydrogen-bond acceptors (Lipinski definition) is 7. The quantitative estimate of drug-likeness (QED) is 0.629. The molecule has 0 aliphatic carbocycles. The van der Waals surface area contributed by atoms with Crippen molar-refractivity contribution in [2.24, 2.45) is 5.92 Å². The molecule has 9 heteroatoms. The van der Waals surface area contributed by atoms with Crippen molar-refractivity contribution >= 4 is 23.2 Å². The van der Waals surface area contributed by atoms with Crippen molar-refractivity contribution < 1.29 is 23.8 Å². The third-order valence-corrected chi connectivity index (χ3v) is 6.70.